The first-order chi connectivity index (χ1) is 8.61. The molecular formula is C13H14N2O2S. The van der Waals surface area contributed by atoms with Crippen LogP contribution in [-0.4, -0.2) is 15.0 Å². The Bertz CT molecular complexity index is 580. The molecule has 0 fully saturated rings. The van der Waals surface area contributed by atoms with Crippen LogP contribution in [0.5, 0.6) is 0 Å². The third-order valence-corrected chi connectivity index (χ3v) is 3.86. The minimum Gasteiger partial charge on any atom is -0.211 e. The summed E-state index contributed by atoms with van der Waals surface area (Å²) in [6.07, 6.45) is 7.19. The molecule has 0 aliphatic rings. The molecule has 0 unspecified atom stereocenters. The molecule has 0 aliphatic heterocycles. The normalized spacial score (nSPS) is 10.6. The lowest BCUT2D eigenvalue weighted by Gasteiger charge is -2.07. The second kappa shape index (κ2) is 6.80. The van der Waals surface area contributed by atoms with Gasteiger partial charge in [-0.05, 0) is 25.0 Å². The van der Waals surface area contributed by atoms with Gasteiger partial charge in [0.25, 0.3) is 0 Å². The standard InChI is InChI=1S/C13H14N2O2S/c1-2-3-4-7-10-15-18(16,17)13-9-6-5-8-12(13)11-14/h1,5-6,8-9,15H,3-4,7,10H2. The van der Waals surface area contributed by atoms with Crippen molar-refractivity contribution >= 4 is 10.0 Å². The van der Waals surface area contributed by atoms with Crippen LogP contribution >= 0.6 is 0 Å². The van der Waals surface area contributed by atoms with E-state index in [0.717, 1.165) is 6.42 Å². The van der Waals surface area contributed by atoms with Crippen molar-refractivity contribution in [3.8, 4) is 18.4 Å². The third-order valence-electron chi connectivity index (χ3n) is 2.34. The van der Waals surface area contributed by atoms with Gasteiger partial charge in [-0.1, -0.05) is 12.1 Å². The predicted octanol–water partition coefficient (Wildman–Crippen LogP) is 1.64. The molecule has 0 radical (unpaired) electrons. The highest BCUT2D eigenvalue weighted by atomic mass is 32.2. The molecule has 18 heavy (non-hydrogen) atoms. The van der Waals surface area contributed by atoms with Crippen LogP contribution in [-0.2, 0) is 10.0 Å². The molecular weight excluding hydrogens is 248 g/mol. The van der Waals surface area contributed by atoms with Crippen molar-refractivity contribution in [1.82, 2.24) is 4.72 Å². The number of hydrogen-bond acceptors (Lipinski definition) is 3. The molecule has 0 amide bonds. The van der Waals surface area contributed by atoms with Gasteiger partial charge in [-0.3, -0.25) is 0 Å². The zero-order chi connectivity index (χ0) is 13.4. The van der Waals surface area contributed by atoms with Crippen LogP contribution in [0, 0.1) is 23.7 Å². The van der Waals surface area contributed by atoms with Gasteiger partial charge in [-0.2, -0.15) is 5.26 Å². The summed E-state index contributed by atoms with van der Waals surface area (Å²) in [7, 11) is -3.61. The fourth-order valence-electron chi connectivity index (χ4n) is 1.43. The van der Waals surface area contributed by atoms with Crippen LogP contribution in [0.15, 0.2) is 29.2 Å². The Morgan fingerprint density at radius 3 is 2.67 bits per heavy atom. The van der Waals surface area contributed by atoms with Gasteiger partial charge >= 0.3 is 0 Å². The van der Waals surface area contributed by atoms with E-state index in [1.807, 2.05) is 6.07 Å². The van der Waals surface area contributed by atoms with Crippen molar-refractivity contribution in [1.29, 1.82) is 5.26 Å². The van der Waals surface area contributed by atoms with Gasteiger partial charge in [-0.15, -0.1) is 12.3 Å². The Morgan fingerprint density at radius 1 is 1.28 bits per heavy atom. The Balaban J connectivity index is 2.70. The number of rotatable bonds is 6. The number of terminal acetylenes is 1. The molecule has 0 spiro atoms. The SMILES string of the molecule is C#CCCCCNS(=O)(=O)c1ccccc1C#N. The minimum absolute atomic E-state index is 0.0180. The highest BCUT2D eigenvalue weighted by molar-refractivity contribution is 7.89. The van der Waals surface area contributed by atoms with E-state index in [1.54, 1.807) is 12.1 Å². The van der Waals surface area contributed by atoms with Gasteiger partial charge in [0.05, 0.1) is 10.5 Å². The molecule has 0 heterocycles. The molecule has 0 saturated heterocycles. The summed E-state index contributed by atoms with van der Waals surface area (Å²) in [5.74, 6) is 2.49. The van der Waals surface area contributed by atoms with Gasteiger partial charge in [0.2, 0.25) is 10.0 Å². The summed E-state index contributed by atoms with van der Waals surface area (Å²) in [5.41, 5.74) is 0.147. The Labute approximate surface area is 108 Å². The van der Waals surface area contributed by atoms with Gasteiger partial charge < -0.3 is 0 Å². The molecule has 1 rings (SSSR count). The van der Waals surface area contributed by atoms with Crippen molar-refractivity contribution in [3.63, 3.8) is 0 Å². The molecule has 0 saturated carbocycles. The molecule has 1 aromatic carbocycles. The molecule has 0 aromatic heterocycles. The fourth-order valence-corrected chi connectivity index (χ4v) is 2.66. The topological polar surface area (TPSA) is 70.0 Å². The Morgan fingerprint density at radius 2 is 2.00 bits per heavy atom. The van der Waals surface area contributed by atoms with E-state index in [1.165, 1.54) is 12.1 Å². The Kier molecular flexibility index (Phi) is 5.38. The maximum absolute atomic E-state index is 11.9. The van der Waals surface area contributed by atoms with Crippen LogP contribution in [0.3, 0.4) is 0 Å². The number of nitriles is 1. The van der Waals surface area contributed by atoms with Crippen LogP contribution in [0.2, 0.25) is 0 Å². The van der Waals surface area contributed by atoms with Gasteiger partial charge in [0, 0.05) is 13.0 Å². The zero-order valence-corrected chi connectivity index (χ0v) is 10.7. The molecule has 94 valence electrons. The van der Waals surface area contributed by atoms with Crippen LogP contribution in [0.1, 0.15) is 24.8 Å². The van der Waals surface area contributed by atoms with Crippen molar-refractivity contribution in [3.05, 3.63) is 29.8 Å². The molecule has 1 N–H and O–H groups in total. The summed E-state index contributed by atoms with van der Waals surface area (Å²) >= 11 is 0. The lowest BCUT2D eigenvalue weighted by Crippen LogP contribution is -2.25. The molecule has 0 aliphatic carbocycles. The first kappa shape index (κ1) is 14.2. The van der Waals surface area contributed by atoms with E-state index >= 15 is 0 Å². The maximum atomic E-state index is 11.9. The van der Waals surface area contributed by atoms with Gasteiger partial charge in [0.1, 0.15) is 6.07 Å². The summed E-state index contributed by atoms with van der Waals surface area (Å²) in [4.78, 5) is 0.0180. The largest absolute Gasteiger partial charge is 0.241 e. The van der Waals surface area contributed by atoms with Crippen molar-refractivity contribution < 1.29 is 8.42 Å². The average Bonchev–Trinajstić information content (AvgIpc) is 2.38. The Hall–Kier alpha value is -1.82. The molecule has 1 aromatic rings. The first-order valence-electron chi connectivity index (χ1n) is 5.54. The summed E-state index contributed by atoms with van der Waals surface area (Å²) in [5, 5.41) is 8.86. The van der Waals surface area contributed by atoms with Crippen molar-refractivity contribution in [2.45, 2.75) is 24.2 Å². The fraction of sp³-hybridized carbons (Fsp3) is 0.308. The molecule has 0 atom stereocenters. The van der Waals surface area contributed by atoms with E-state index in [-0.39, 0.29) is 10.5 Å². The van der Waals surface area contributed by atoms with Gasteiger partial charge in [0.15, 0.2) is 0 Å². The predicted molar refractivity (Wildman–Crippen MR) is 69.0 cm³/mol. The van der Waals surface area contributed by atoms with E-state index in [0.29, 0.717) is 19.4 Å². The second-order valence-electron chi connectivity index (χ2n) is 3.67. The molecule has 5 heteroatoms. The monoisotopic (exact) mass is 262 g/mol. The number of benzene rings is 1. The highest BCUT2D eigenvalue weighted by Gasteiger charge is 2.16. The third kappa shape index (κ3) is 3.89. The molecule has 4 nitrogen and oxygen atoms in total. The van der Waals surface area contributed by atoms with Crippen LogP contribution < -0.4 is 4.72 Å². The average molecular weight is 262 g/mol. The number of hydrogen-bond donors (Lipinski definition) is 1. The second-order valence-corrected chi connectivity index (χ2v) is 5.40. The van der Waals surface area contributed by atoms with Gasteiger partial charge in [-0.25, -0.2) is 13.1 Å². The maximum Gasteiger partial charge on any atom is 0.241 e. The number of nitrogens with one attached hydrogen (secondary N) is 1. The van der Waals surface area contributed by atoms with Crippen molar-refractivity contribution in [2.24, 2.45) is 0 Å². The minimum atomic E-state index is -3.61. The zero-order valence-electron chi connectivity index (χ0n) is 9.89. The van der Waals surface area contributed by atoms with Crippen molar-refractivity contribution in [2.75, 3.05) is 6.54 Å². The number of nitrogens with zero attached hydrogens (tertiary/aromatic N) is 1. The van der Waals surface area contributed by atoms with E-state index < -0.39 is 10.0 Å². The van der Waals surface area contributed by atoms with E-state index in [9.17, 15) is 8.42 Å². The first-order valence-corrected chi connectivity index (χ1v) is 7.02. The quantitative estimate of drug-likeness (QED) is 0.626. The van der Waals surface area contributed by atoms with Crippen LogP contribution in [0.25, 0.3) is 0 Å². The smallest absolute Gasteiger partial charge is 0.211 e. The summed E-state index contributed by atoms with van der Waals surface area (Å²) in [6.45, 7) is 0.323. The number of unbranched alkanes of at least 4 members (excludes halogenated alkanes) is 2. The lowest BCUT2D eigenvalue weighted by molar-refractivity contribution is 0.577. The lowest BCUT2D eigenvalue weighted by atomic mass is 10.2. The van der Waals surface area contributed by atoms with E-state index in [2.05, 4.69) is 10.6 Å². The number of sulfonamides is 1. The molecule has 0 bridgehead atoms. The summed E-state index contributed by atoms with van der Waals surface area (Å²) in [6, 6.07) is 7.99. The summed E-state index contributed by atoms with van der Waals surface area (Å²) < 4.78 is 26.3. The highest BCUT2D eigenvalue weighted by Crippen LogP contribution is 2.13. The van der Waals surface area contributed by atoms with E-state index in [4.69, 9.17) is 11.7 Å². The van der Waals surface area contributed by atoms with Crippen LogP contribution in [0.4, 0.5) is 0 Å².